The van der Waals surface area contributed by atoms with Crippen molar-refractivity contribution in [1.82, 2.24) is 0 Å². The maximum Gasteiger partial charge on any atom is 0.146 e. The number of nitrogens with two attached hydrogens (primary N) is 1. The van der Waals surface area contributed by atoms with Crippen molar-refractivity contribution >= 4 is 5.69 Å². The molecule has 1 fully saturated rings. The molecule has 1 saturated heterocycles. The van der Waals surface area contributed by atoms with Crippen LogP contribution in [-0.4, -0.2) is 18.6 Å². The highest BCUT2D eigenvalue weighted by molar-refractivity contribution is 5.51. The molecule has 1 aliphatic rings. The van der Waals surface area contributed by atoms with Crippen molar-refractivity contribution in [1.29, 1.82) is 0 Å². The Balaban J connectivity index is 2.24. The molecule has 94 valence electrons. The second kappa shape index (κ2) is 4.65. The Morgan fingerprint density at radius 2 is 2.12 bits per heavy atom. The van der Waals surface area contributed by atoms with Crippen LogP contribution in [0.3, 0.4) is 0 Å². The minimum atomic E-state index is -0.131. The van der Waals surface area contributed by atoms with Crippen molar-refractivity contribution in [3.05, 3.63) is 30.1 Å². The van der Waals surface area contributed by atoms with Crippen LogP contribution in [-0.2, 0) is 0 Å². The monoisotopic (exact) mass is 236 g/mol. The van der Waals surface area contributed by atoms with E-state index in [0.29, 0.717) is 12.5 Å². The van der Waals surface area contributed by atoms with E-state index in [1.807, 2.05) is 12.1 Å². The van der Waals surface area contributed by atoms with Gasteiger partial charge in [0, 0.05) is 12.1 Å². The van der Waals surface area contributed by atoms with Gasteiger partial charge in [-0.05, 0) is 51.3 Å². The van der Waals surface area contributed by atoms with Crippen LogP contribution in [0.4, 0.5) is 10.1 Å². The van der Waals surface area contributed by atoms with Crippen LogP contribution in [0, 0.1) is 11.7 Å². The fourth-order valence-electron chi connectivity index (χ4n) is 2.91. The first-order valence-corrected chi connectivity index (χ1v) is 6.27. The van der Waals surface area contributed by atoms with Gasteiger partial charge in [-0.2, -0.15) is 0 Å². The number of benzene rings is 1. The maximum absolute atomic E-state index is 13.8. The van der Waals surface area contributed by atoms with E-state index >= 15 is 0 Å². The van der Waals surface area contributed by atoms with E-state index in [-0.39, 0.29) is 11.4 Å². The van der Waals surface area contributed by atoms with Gasteiger partial charge in [0.15, 0.2) is 0 Å². The van der Waals surface area contributed by atoms with Gasteiger partial charge in [-0.1, -0.05) is 12.1 Å². The van der Waals surface area contributed by atoms with Crippen molar-refractivity contribution in [2.45, 2.75) is 32.2 Å². The first-order valence-electron chi connectivity index (χ1n) is 6.27. The molecule has 0 saturated carbocycles. The predicted molar refractivity (Wildman–Crippen MR) is 69.6 cm³/mol. The molecule has 1 aromatic carbocycles. The first kappa shape index (κ1) is 12.4. The molecular formula is C14H21FN2. The molecule has 1 aliphatic heterocycles. The van der Waals surface area contributed by atoms with Gasteiger partial charge in [0.25, 0.3) is 0 Å². The van der Waals surface area contributed by atoms with Gasteiger partial charge in [-0.15, -0.1) is 0 Å². The van der Waals surface area contributed by atoms with Crippen LogP contribution < -0.4 is 10.6 Å². The summed E-state index contributed by atoms with van der Waals surface area (Å²) in [6.07, 6.45) is 2.10. The van der Waals surface area contributed by atoms with Gasteiger partial charge in [0.05, 0.1) is 5.69 Å². The number of hydrogen-bond acceptors (Lipinski definition) is 2. The predicted octanol–water partition coefficient (Wildman–Crippen LogP) is 2.78. The fourth-order valence-corrected chi connectivity index (χ4v) is 2.91. The highest BCUT2D eigenvalue weighted by Crippen LogP contribution is 2.38. The lowest BCUT2D eigenvalue weighted by atomic mass is 9.94. The summed E-state index contributed by atoms with van der Waals surface area (Å²) in [6.45, 7) is 5.98. The van der Waals surface area contributed by atoms with Gasteiger partial charge in [-0.25, -0.2) is 4.39 Å². The van der Waals surface area contributed by atoms with Crippen LogP contribution >= 0.6 is 0 Å². The molecule has 1 heterocycles. The molecule has 0 radical (unpaired) electrons. The Labute approximate surface area is 103 Å². The Hall–Kier alpha value is -1.09. The zero-order chi connectivity index (χ0) is 12.5. The van der Waals surface area contributed by atoms with E-state index in [4.69, 9.17) is 5.73 Å². The van der Waals surface area contributed by atoms with Crippen molar-refractivity contribution in [2.24, 2.45) is 11.7 Å². The summed E-state index contributed by atoms with van der Waals surface area (Å²) in [5.41, 5.74) is 6.35. The lowest BCUT2D eigenvalue weighted by Gasteiger charge is -2.33. The zero-order valence-electron chi connectivity index (χ0n) is 10.6. The number of para-hydroxylation sites is 1. The molecule has 0 aromatic heterocycles. The molecule has 0 bridgehead atoms. The lowest BCUT2D eigenvalue weighted by molar-refractivity contribution is 0.456. The Bertz CT molecular complexity index is 390. The molecule has 2 rings (SSSR count). The minimum absolute atomic E-state index is 0.0159. The molecule has 3 heteroatoms. The molecule has 1 atom stereocenters. The highest BCUT2D eigenvalue weighted by Gasteiger charge is 2.38. The average molecular weight is 236 g/mol. The van der Waals surface area contributed by atoms with Gasteiger partial charge in [0.2, 0.25) is 0 Å². The maximum atomic E-state index is 13.8. The summed E-state index contributed by atoms with van der Waals surface area (Å²) >= 11 is 0. The average Bonchev–Trinajstić information content (AvgIpc) is 2.55. The number of nitrogens with zero attached hydrogens (tertiary/aromatic N) is 1. The number of anilines is 1. The molecular weight excluding hydrogens is 215 g/mol. The Kier molecular flexibility index (Phi) is 3.38. The SMILES string of the molecule is CC1(C)CC(CCN)CN1c1ccccc1F. The molecule has 2 N–H and O–H groups in total. The van der Waals surface area contributed by atoms with Crippen molar-refractivity contribution < 1.29 is 4.39 Å². The summed E-state index contributed by atoms with van der Waals surface area (Å²) in [7, 11) is 0. The van der Waals surface area contributed by atoms with E-state index in [2.05, 4.69) is 18.7 Å². The third-order valence-electron chi connectivity index (χ3n) is 3.68. The molecule has 1 unspecified atom stereocenters. The van der Waals surface area contributed by atoms with Gasteiger partial charge >= 0.3 is 0 Å². The molecule has 1 aromatic rings. The Morgan fingerprint density at radius 1 is 1.41 bits per heavy atom. The third kappa shape index (κ3) is 2.44. The van der Waals surface area contributed by atoms with E-state index in [1.54, 1.807) is 6.07 Å². The van der Waals surface area contributed by atoms with Gasteiger partial charge in [-0.3, -0.25) is 0 Å². The number of hydrogen-bond donors (Lipinski definition) is 1. The molecule has 0 spiro atoms. The van der Waals surface area contributed by atoms with Crippen LogP contribution in [0.25, 0.3) is 0 Å². The molecule has 17 heavy (non-hydrogen) atoms. The van der Waals surface area contributed by atoms with Crippen molar-refractivity contribution in [3.8, 4) is 0 Å². The zero-order valence-corrected chi connectivity index (χ0v) is 10.6. The molecule has 0 amide bonds. The number of halogens is 1. The lowest BCUT2D eigenvalue weighted by Crippen LogP contribution is -2.38. The smallest absolute Gasteiger partial charge is 0.146 e. The topological polar surface area (TPSA) is 29.3 Å². The molecule has 0 aliphatic carbocycles. The fraction of sp³-hybridized carbons (Fsp3) is 0.571. The molecule has 2 nitrogen and oxygen atoms in total. The largest absolute Gasteiger partial charge is 0.364 e. The third-order valence-corrected chi connectivity index (χ3v) is 3.68. The van der Waals surface area contributed by atoms with E-state index in [1.165, 1.54) is 6.07 Å². The van der Waals surface area contributed by atoms with Crippen molar-refractivity contribution in [2.75, 3.05) is 18.0 Å². The van der Waals surface area contributed by atoms with E-state index in [9.17, 15) is 4.39 Å². The van der Waals surface area contributed by atoms with E-state index in [0.717, 1.165) is 25.1 Å². The van der Waals surface area contributed by atoms with Crippen LogP contribution in [0.1, 0.15) is 26.7 Å². The number of rotatable bonds is 3. The van der Waals surface area contributed by atoms with Crippen LogP contribution in [0.5, 0.6) is 0 Å². The second-order valence-electron chi connectivity index (χ2n) is 5.52. The Morgan fingerprint density at radius 3 is 2.76 bits per heavy atom. The van der Waals surface area contributed by atoms with E-state index < -0.39 is 0 Å². The van der Waals surface area contributed by atoms with Crippen LogP contribution in [0.2, 0.25) is 0 Å². The summed E-state index contributed by atoms with van der Waals surface area (Å²) in [4.78, 5) is 2.18. The summed E-state index contributed by atoms with van der Waals surface area (Å²) < 4.78 is 13.8. The summed E-state index contributed by atoms with van der Waals surface area (Å²) in [5.74, 6) is 0.448. The summed E-state index contributed by atoms with van der Waals surface area (Å²) in [6, 6.07) is 7.02. The van der Waals surface area contributed by atoms with Gasteiger partial charge < -0.3 is 10.6 Å². The van der Waals surface area contributed by atoms with Crippen LogP contribution in [0.15, 0.2) is 24.3 Å². The quantitative estimate of drug-likeness (QED) is 0.874. The second-order valence-corrected chi connectivity index (χ2v) is 5.52. The minimum Gasteiger partial charge on any atom is -0.364 e. The highest BCUT2D eigenvalue weighted by atomic mass is 19.1. The van der Waals surface area contributed by atoms with Gasteiger partial charge in [0.1, 0.15) is 5.82 Å². The standard InChI is InChI=1S/C14H21FN2/c1-14(2)9-11(7-8-16)10-17(14)13-6-4-3-5-12(13)15/h3-6,11H,7-10,16H2,1-2H3. The summed E-state index contributed by atoms with van der Waals surface area (Å²) in [5, 5.41) is 0. The first-order chi connectivity index (χ1) is 8.04. The van der Waals surface area contributed by atoms with Crippen molar-refractivity contribution in [3.63, 3.8) is 0 Å². The normalized spacial score (nSPS) is 23.1.